The molecule has 2 heterocycles. The Balaban J connectivity index is 2.76. The summed E-state index contributed by atoms with van der Waals surface area (Å²) in [7, 11) is 0. The summed E-state index contributed by atoms with van der Waals surface area (Å²) < 4.78 is 5.52. The van der Waals surface area contributed by atoms with Crippen molar-refractivity contribution in [2.45, 2.75) is 20.5 Å². The van der Waals surface area contributed by atoms with Gasteiger partial charge in [-0.05, 0) is 35.3 Å². The van der Waals surface area contributed by atoms with E-state index >= 15 is 0 Å². The van der Waals surface area contributed by atoms with Gasteiger partial charge in [0, 0.05) is 11.3 Å². The fourth-order valence-corrected chi connectivity index (χ4v) is 2.08. The molecule has 0 saturated heterocycles. The second-order valence-corrected chi connectivity index (χ2v) is 3.79. The van der Waals surface area contributed by atoms with Crippen molar-refractivity contribution in [2.75, 3.05) is 0 Å². The number of hydrogen-bond acceptors (Lipinski definition) is 3. The van der Waals surface area contributed by atoms with E-state index in [-0.39, 0.29) is 5.97 Å². The molecule has 0 aliphatic carbocycles. The summed E-state index contributed by atoms with van der Waals surface area (Å²) >= 11 is 3.26. The molecule has 0 radical (unpaired) electrons. The first-order chi connectivity index (χ1) is 6.11. The highest BCUT2D eigenvalue weighted by Gasteiger charge is 2.27. The van der Waals surface area contributed by atoms with Gasteiger partial charge in [-0.15, -0.1) is 0 Å². The van der Waals surface area contributed by atoms with E-state index in [0.717, 1.165) is 16.8 Å². The van der Waals surface area contributed by atoms with Crippen LogP contribution in [0.2, 0.25) is 0 Å². The molecular weight excluding hydrogens is 234 g/mol. The number of fused-ring (bicyclic) bond motifs is 1. The topological polar surface area (TPSA) is 39.2 Å². The Hall–Kier alpha value is -0.900. The lowest BCUT2D eigenvalue weighted by Gasteiger charge is -2.04. The van der Waals surface area contributed by atoms with Crippen molar-refractivity contribution >= 4 is 21.9 Å². The predicted octanol–water partition coefficient (Wildman–Crippen LogP) is 2.13. The molecule has 13 heavy (non-hydrogen) atoms. The Morgan fingerprint density at radius 1 is 1.46 bits per heavy atom. The molecule has 0 atom stereocenters. The number of nitrogens with zero attached hydrogens (tertiary/aromatic N) is 1. The first-order valence-electron chi connectivity index (χ1n) is 3.94. The summed E-state index contributed by atoms with van der Waals surface area (Å²) in [6.07, 6.45) is 0. The number of carbonyl (C=O) groups is 1. The van der Waals surface area contributed by atoms with Crippen LogP contribution >= 0.6 is 15.9 Å². The molecule has 0 saturated carbocycles. The molecule has 1 aromatic heterocycles. The van der Waals surface area contributed by atoms with Crippen LogP contribution in [0.4, 0.5) is 0 Å². The van der Waals surface area contributed by atoms with Crippen LogP contribution in [0.3, 0.4) is 0 Å². The maximum Gasteiger partial charge on any atom is 0.341 e. The Bertz CT molecular complexity index is 401. The van der Waals surface area contributed by atoms with Crippen molar-refractivity contribution in [1.82, 2.24) is 4.98 Å². The summed E-state index contributed by atoms with van der Waals surface area (Å²) in [5.74, 6) is -0.280. The molecule has 1 aliphatic heterocycles. The van der Waals surface area contributed by atoms with Gasteiger partial charge >= 0.3 is 5.97 Å². The molecule has 1 aromatic rings. The fourth-order valence-electron chi connectivity index (χ4n) is 1.42. The third kappa shape index (κ3) is 1.16. The number of halogens is 1. The summed E-state index contributed by atoms with van der Waals surface area (Å²) in [6, 6.07) is 0. The van der Waals surface area contributed by atoms with Gasteiger partial charge in [0.05, 0.1) is 5.56 Å². The highest BCUT2D eigenvalue weighted by molar-refractivity contribution is 9.10. The maximum absolute atomic E-state index is 11.3. The van der Waals surface area contributed by atoms with Crippen LogP contribution in [0.5, 0.6) is 0 Å². The highest BCUT2D eigenvalue weighted by Crippen LogP contribution is 2.29. The average molecular weight is 242 g/mol. The molecule has 3 nitrogen and oxygen atoms in total. The number of rotatable bonds is 0. The van der Waals surface area contributed by atoms with Crippen LogP contribution < -0.4 is 0 Å². The van der Waals surface area contributed by atoms with Crippen LogP contribution in [-0.4, -0.2) is 11.0 Å². The number of cyclic esters (lactones) is 1. The van der Waals surface area contributed by atoms with Gasteiger partial charge in [-0.25, -0.2) is 9.78 Å². The Morgan fingerprint density at radius 3 is 2.85 bits per heavy atom. The van der Waals surface area contributed by atoms with Crippen LogP contribution in [0.25, 0.3) is 0 Å². The van der Waals surface area contributed by atoms with Crippen LogP contribution in [-0.2, 0) is 11.3 Å². The van der Waals surface area contributed by atoms with Crippen LogP contribution in [0.15, 0.2) is 4.60 Å². The molecule has 1 aliphatic rings. The van der Waals surface area contributed by atoms with E-state index in [1.165, 1.54) is 0 Å². The number of esters is 1. The summed E-state index contributed by atoms with van der Waals surface area (Å²) in [5.41, 5.74) is 3.53. The minimum atomic E-state index is -0.280. The maximum atomic E-state index is 11.3. The zero-order chi connectivity index (χ0) is 9.59. The first kappa shape index (κ1) is 8.69. The van der Waals surface area contributed by atoms with Crippen molar-refractivity contribution in [3.8, 4) is 0 Å². The predicted molar refractivity (Wildman–Crippen MR) is 50.5 cm³/mol. The minimum Gasteiger partial charge on any atom is -0.457 e. The lowest BCUT2D eigenvalue weighted by atomic mass is 10.1. The van der Waals surface area contributed by atoms with E-state index < -0.39 is 0 Å². The first-order valence-corrected chi connectivity index (χ1v) is 4.73. The smallest absolute Gasteiger partial charge is 0.341 e. The quantitative estimate of drug-likeness (QED) is 0.516. The Kier molecular flexibility index (Phi) is 1.87. The van der Waals surface area contributed by atoms with Crippen molar-refractivity contribution in [3.05, 3.63) is 27.0 Å². The second-order valence-electron chi connectivity index (χ2n) is 3.04. The van der Waals surface area contributed by atoms with Gasteiger partial charge in [0.15, 0.2) is 0 Å². The average Bonchev–Trinajstić information content (AvgIpc) is 2.44. The molecule has 0 bridgehead atoms. The molecule has 0 fully saturated rings. The number of ether oxygens (including phenoxy) is 1. The number of aromatic nitrogens is 1. The number of pyridine rings is 1. The Labute approximate surface area is 84.2 Å². The Morgan fingerprint density at radius 2 is 2.15 bits per heavy atom. The normalized spacial score (nSPS) is 14.2. The number of hydrogen-bond donors (Lipinski definition) is 0. The van der Waals surface area contributed by atoms with Crippen molar-refractivity contribution in [2.24, 2.45) is 0 Å². The third-order valence-corrected chi connectivity index (χ3v) is 2.89. The SMILES string of the molecule is Cc1nc(Br)c2c(c1C)COC2=O. The molecule has 0 aromatic carbocycles. The minimum absolute atomic E-state index is 0.280. The van der Waals surface area contributed by atoms with Crippen LogP contribution in [0, 0.1) is 13.8 Å². The highest BCUT2D eigenvalue weighted by atomic mass is 79.9. The van der Waals surface area contributed by atoms with E-state index in [1.807, 2.05) is 13.8 Å². The standard InChI is InChI=1S/C9H8BrNO2/c1-4-5(2)11-8(10)7-6(4)3-13-9(7)12/h3H2,1-2H3. The summed E-state index contributed by atoms with van der Waals surface area (Å²) in [4.78, 5) is 15.5. The van der Waals surface area contributed by atoms with Crippen LogP contribution in [0.1, 0.15) is 27.2 Å². The van der Waals surface area contributed by atoms with E-state index in [1.54, 1.807) is 0 Å². The van der Waals surface area contributed by atoms with Gasteiger partial charge in [-0.1, -0.05) is 0 Å². The summed E-state index contributed by atoms with van der Waals surface area (Å²) in [6.45, 7) is 4.25. The molecule has 2 rings (SSSR count). The largest absolute Gasteiger partial charge is 0.457 e. The van der Waals surface area contributed by atoms with Gasteiger partial charge in [-0.2, -0.15) is 0 Å². The van der Waals surface area contributed by atoms with E-state index in [2.05, 4.69) is 20.9 Å². The van der Waals surface area contributed by atoms with Gasteiger partial charge < -0.3 is 4.74 Å². The molecular formula is C9H8BrNO2. The molecule has 4 heteroatoms. The van der Waals surface area contributed by atoms with Gasteiger partial charge in [-0.3, -0.25) is 0 Å². The van der Waals surface area contributed by atoms with Gasteiger partial charge in [0.1, 0.15) is 11.2 Å². The van der Waals surface area contributed by atoms with Gasteiger partial charge in [0.2, 0.25) is 0 Å². The molecule has 0 unspecified atom stereocenters. The van der Waals surface area contributed by atoms with E-state index in [9.17, 15) is 4.79 Å². The number of aryl methyl sites for hydroxylation is 1. The van der Waals surface area contributed by atoms with Crippen molar-refractivity contribution < 1.29 is 9.53 Å². The zero-order valence-electron chi connectivity index (χ0n) is 7.35. The zero-order valence-corrected chi connectivity index (χ0v) is 8.93. The summed E-state index contributed by atoms with van der Waals surface area (Å²) in [5, 5.41) is 0. The second kappa shape index (κ2) is 2.80. The monoisotopic (exact) mass is 241 g/mol. The fraction of sp³-hybridized carbons (Fsp3) is 0.333. The molecule has 0 N–H and O–H groups in total. The van der Waals surface area contributed by atoms with Crippen molar-refractivity contribution in [3.63, 3.8) is 0 Å². The molecule has 0 amide bonds. The molecule has 0 spiro atoms. The molecule has 68 valence electrons. The lowest BCUT2D eigenvalue weighted by Crippen LogP contribution is -2.00. The van der Waals surface area contributed by atoms with E-state index in [4.69, 9.17) is 4.74 Å². The van der Waals surface area contributed by atoms with E-state index in [0.29, 0.717) is 16.8 Å². The van der Waals surface area contributed by atoms with Gasteiger partial charge in [0.25, 0.3) is 0 Å². The number of carbonyl (C=O) groups excluding carboxylic acids is 1. The lowest BCUT2D eigenvalue weighted by molar-refractivity contribution is 0.0534. The van der Waals surface area contributed by atoms with Crippen molar-refractivity contribution in [1.29, 1.82) is 0 Å². The third-order valence-electron chi connectivity index (χ3n) is 2.32.